The Balaban J connectivity index is 2.22. The molecular formula is C9H12N4S2. The largest absolute Gasteiger partial charge is 0.368 e. The molecule has 0 aliphatic carbocycles. The third-order valence-electron chi connectivity index (χ3n) is 2.25. The van der Waals surface area contributed by atoms with Crippen LogP contribution in [0.2, 0.25) is 0 Å². The fourth-order valence-electron chi connectivity index (χ4n) is 1.55. The minimum atomic E-state index is 0.231. The van der Waals surface area contributed by atoms with E-state index in [1.54, 1.807) is 11.3 Å². The predicted octanol–water partition coefficient (Wildman–Crippen LogP) is 2.39. The molecule has 0 saturated carbocycles. The monoisotopic (exact) mass is 240 g/mol. The summed E-state index contributed by atoms with van der Waals surface area (Å²) in [6, 6.07) is 4.39. The summed E-state index contributed by atoms with van der Waals surface area (Å²) in [7, 11) is 0. The highest BCUT2D eigenvalue weighted by Crippen LogP contribution is 2.19. The zero-order valence-corrected chi connectivity index (χ0v) is 9.94. The standard InChI is InChI=1S/C9H12N4S2/c1-6(5-7-3-2-4-15-7)13-8(10)11-12-9(13)14/h2-4,6H,5H2,1H3,(H2,10,11)(H,12,14). The van der Waals surface area contributed by atoms with E-state index in [0.29, 0.717) is 10.7 Å². The van der Waals surface area contributed by atoms with Crippen molar-refractivity contribution in [1.82, 2.24) is 14.8 Å². The topological polar surface area (TPSA) is 59.6 Å². The number of anilines is 1. The van der Waals surface area contributed by atoms with Crippen molar-refractivity contribution >= 4 is 29.5 Å². The molecule has 0 spiro atoms. The summed E-state index contributed by atoms with van der Waals surface area (Å²) in [5, 5.41) is 8.65. The van der Waals surface area contributed by atoms with E-state index in [4.69, 9.17) is 18.0 Å². The highest BCUT2D eigenvalue weighted by Gasteiger charge is 2.11. The third-order valence-corrected chi connectivity index (χ3v) is 3.44. The van der Waals surface area contributed by atoms with Crippen LogP contribution in [0.25, 0.3) is 0 Å². The van der Waals surface area contributed by atoms with Crippen LogP contribution < -0.4 is 5.73 Å². The molecular weight excluding hydrogens is 228 g/mol. The number of aromatic amines is 1. The lowest BCUT2D eigenvalue weighted by molar-refractivity contribution is 0.548. The SMILES string of the molecule is CC(Cc1cccs1)n1c(N)n[nH]c1=S. The van der Waals surface area contributed by atoms with Crippen molar-refractivity contribution in [3.63, 3.8) is 0 Å². The van der Waals surface area contributed by atoms with Gasteiger partial charge in [0.15, 0.2) is 4.77 Å². The van der Waals surface area contributed by atoms with Gasteiger partial charge in [-0.1, -0.05) is 6.07 Å². The molecule has 80 valence electrons. The molecule has 0 fully saturated rings. The Morgan fingerprint density at radius 3 is 3.07 bits per heavy atom. The fraction of sp³-hybridized carbons (Fsp3) is 0.333. The van der Waals surface area contributed by atoms with Gasteiger partial charge in [-0.3, -0.25) is 4.57 Å². The smallest absolute Gasteiger partial charge is 0.220 e. The van der Waals surface area contributed by atoms with Crippen LogP contribution in [0.15, 0.2) is 17.5 Å². The van der Waals surface area contributed by atoms with Crippen molar-refractivity contribution in [1.29, 1.82) is 0 Å². The average Bonchev–Trinajstić information content (AvgIpc) is 2.77. The Morgan fingerprint density at radius 2 is 2.53 bits per heavy atom. The molecule has 1 atom stereocenters. The Hall–Kier alpha value is -1.14. The van der Waals surface area contributed by atoms with Gasteiger partial charge >= 0.3 is 0 Å². The van der Waals surface area contributed by atoms with Gasteiger partial charge in [0.1, 0.15) is 0 Å². The molecule has 2 aromatic heterocycles. The van der Waals surface area contributed by atoms with Gasteiger partial charge in [-0.25, -0.2) is 5.10 Å². The van der Waals surface area contributed by atoms with Crippen LogP contribution in [0.3, 0.4) is 0 Å². The van der Waals surface area contributed by atoms with Gasteiger partial charge in [-0.05, 0) is 30.6 Å². The highest BCUT2D eigenvalue weighted by molar-refractivity contribution is 7.71. The molecule has 4 nitrogen and oxygen atoms in total. The van der Waals surface area contributed by atoms with E-state index in [0.717, 1.165) is 6.42 Å². The van der Waals surface area contributed by atoms with Crippen LogP contribution in [-0.2, 0) is 6.42 Å². The van der Waals surface area contributed by atoms with E-state index in [1.165, 1.54) is 4.88 Å². The number of rotatable bonds is 3. The molecule has 6 heteroatoms. The zero-order chi connectivity index (χ0) is 10.8. The summed E-state index contributed by atoms with van der Waals surface area (Å²) in [5.74, 6) is 0.448. The van der Waals surface area contributed by atoms with Crippen molar-refractivity contribution in [2.24, 2.45) is 0 Å². The number of nitrogens with zero attached hydrogens (tertiary/aromatic N) is 2. The molecule has 0 aromatic carbocycles. The molecule has 0 aliphatic rings. The Morgan fingerprint density at radius 1 is 1.73 bits per heavy atom. The van der Waals surface area contributed by atoms with E-state index in [-0.39, 0.29) is 6.04 Å². The van der Waals surface area contributed by atoms with Crippen LogP contribution in [0.1, 0.15) is 17.8 Å². The van der Waals surface area contributed by atoms with Gasteiger partial charge < -0.3 is 5.73 Å². The average molecular weight is 240 g/mol. The molecule has 0 saturated heterocycles. The van der Waals surface area contributed by atoms with Crippen LogP contribution in [-0.4, -0.2) is 14.8 Å². The van der Waals surface area contributed by atoms with Gasteiger partial charge in [0.25, 0.3) is 0 Å². The van der Waals surface area contributed by atoms with Crippen molar-refractivity contribution in [2.75, 3.05) is 5.73 Å². The lowest BCUT2D eigenvalue weighted by Crippen LogP contribution is -2.11. The molecule has 2 rings (SSSR count). The number of nitrogen functional groups attached to an aromatic ring is 1. The quantitative estimate of drug-likeness (QED) is 0.810. The van der Waals surface area contributed by atoms with Gasteiger partial charge in [-0.15, -0.1) is 16.4 Å². The van der Waals surface area contributed by atoms with Crippen molar-refractivity contribution in [3.05, 3.63) is 27.2 Å². The Labute approximate surface area is 96.7 Å². The summed E-state index contributed by atoms with van der Waals surface area (Å²) in [5.41, 5.74) is 5.73. The van der Waals surface area contributed by atoms with E-state index >= 15 is 0 Å². The lowest BCUT2D eigenvalue weighted by Gasteiger charge is -2.12. The Bertz CT molecular complexity index is 482. The summed E-state index contributed by atoms with van der Waals surface area (Å²) in [6.45, 7) is 2.08. The van der Waals surface area contributed by atoms with Crippen LogP contribution in [0, 0.1) is 4.77 Å². The number of hydrogen-bond acceptors (Lipinski definition) is 4. The number of hydrogen-bond donors (Lipinski definition) is 2. The first-order chi connectivity index (χ1) is 7.18. The maximum Gasteiger partial charge on any atom is 0.220 e. The summed E-state index contributed by atoms with van der Waals surface area (Å²) >= 11 is 6.85. The first-order valence-electron chi connectivity index (χ1n) is 4.63. The van der Waals surface area contributed by atoms with Crippen molar-refractivity contribution < 1.29 is 0 Å². The molecule has 0 bridgehead atoms. The van der Waals surface area contributed by atoms with Crippen LogP contribution >= 0.6 is 23.6 Å². The van der Waals surface area contributed by atoms with Gasteiger partial charge in [-0.2, -0.15) is 0 Å². The number of nitrogens with two attached hydrogens (primary N) is 1. The zero-order valence-electron chi connectivity index (χ0n) is 8.30. The number of thiophene rings is 1. The fourth-order valence-corrected chi connectivity index (χ4v) is 2.70. The second kappa shape index (κ2) is 4.16. The molecule has 15 heavy (non-hydrogen) atoms. The molecule has 0 amide bonds. The maximum atomic E-state index is 5.73. The van der Waals surface area contributed by atoms with Crippen molar-refractivity contribution in [3.8, 4) is 0 Å². The van der Waals surface area contributed by atoms with Gasteiger partial charge in [0.05, 0.1) is 0 Å². The summed E-state index contributed by atoms with van der Waals surface area (Å²) < 4.78 is 2.42. The number of H-pyrrole nitrogens is 1. The van der Waals surface area contributed by atoms with E-state index in [1.807, 2.05) is 10.6 Å². The Kier molecular flexibility index (Phi) is 2.88. The molecule has 0 aliphatic heterocycles. The van der Waals surface area contributed by atoms with Crippen molar-refractivity contribution in [2.45, 2.75) is 19.4 Å². The predicted molar refractivity (Wildman–Crippen MR) is 64.6 cm³/mol. The van der Waals surface area contributed by atoms with E-state index < -0.39 is 0 Å². The van der Waals surface area contributed by atoms with E-state index in [9.17, 15) is 0 Å². The summed E-state index contributed by atoms with van der Waals surface area (Å²) in [4.78, 5) is 1.32. The number of nitrogens with one attached hydrogen (secondary N) is 1. The number of aromatic nitrogens is 3. The molecule has 2 heterocycles. The molecule has 1 unspecified atom stereocenters. The first-order valence-corrected chi connectivity index (χ1v) is 5.92. The minimum Gasteiger partial charge on any atom is -0.368 e. The summed E-state index contributed by atoms with van der Waals surface area (Å²) in [6.07, 6.45) is 0.926. The van der Waals surface area contributed by atoms with E-state index in [2.05, 4.69) is 28.6 Å². The highest BCUT2D eigenvalue weighted by atomic mass is 32.1. The second-order valence-electron chi connectivity index (χ2n) is 3.39. The molecule has 2 aromatic rings. The van der Waals surface area contributed by atoms with Gasteiger partial charge in [0, 0.05) is 17.3 Å². The maximum absolute atomic E-state index is 5.73. The minimum absolute atomic E-state index is 0.231. The van der Waals surface area contributed by atoms with Gasteiger partial charge in [0.2, 0.25) is 5.95 Å². The van der Waals surface area contributed by atoms with Crippen LogP contribution in [0.5, 0.6) is 0 Å². The first kappa shape index (κ1) is 10.4. The third kappa shape index (κ3) is 2.10. The molecule has 3 N–H and O–H groups in total. The lowest BCUT2D eigenvalue weighted by atomic mass is 10.2. The molecule has 0 radical (unpaired) electrons. The second-order valence-corrected chi connectivity index (χ2v) is 4.81. The van der Waals surface area contributed by atoms with Crippen LogP contribution in [0.4, 0.5) is 5.95 Å². The normalized spacial score (nSPS) is 12.9.